The Morgan fingerprint density at radius 1 is 1.17 bits per heavy atom. The molecule has 2 aromatic carbocycles. The molecule has 0 atom stereocenters. The van der Waals surface area contributed by atoms with E-state index >= 15 is 0 Å². The maximum absolute atomic E-state index is 12.4. The Labute approximate surface area is 143 Å². The minimum atomic E-state index is -0.212. The molecule has 3 aromatic rings. The topological polar surface area (TPSA) is 60.5 Å². The number of anilines is 1. The third-order valence-corrected chi connectivity index (χ3v) is 4.87. The molecule has 1 aliphatic rings. The minimum Gasteiger partial charge on any atom is -0.454 e. The summed E-state index contributed by atoms with van der Waals surface area (Å²) >= 11 is 1.48. The summed E-state index contributed by atoms with van der Waals surface area (Å²) in [6.07, 6.45) is 0. The Morgan fingerprint density at radius 2 is 2.00 bits per heavy atom. The van der Waals surface area contributed by atoms with E-state index in [9.17, 15) is 4.79 Å². The van der Waals surface area contributed by atoms with Gasteiger partial charge in [0.1, 0.15) is 0 Å². The van der Waals surface area contributed by atoms with E-state index in [0.717, 1.165) is 10.2 Å². The van der Waals surface area contributed by atoms with Crippen molar-refractivity contribution in [1.82, 2.24) is 4.98 Å². The van der Waals surface area contributed by atoms with Gasteiger partial charge >= 0.3 is 0 Å². The van der Waals surface area contributed by atoms with Crippen LogP contribution in [0.2, 0.25) is 0 Å². The summed E-state index contributed by atoms with van der Waals surface area (Å²) in [7, 11) is 0. The first-order valence-electron chi connectivity index (χ1n) is 7.71. The lowest BCUT2D eigenvalue weighted by Gasteiger charge is -2.03. The monoisotopic (exact) mass is 340 g/mol. The molecule has 6 heteroatoms. The predicted octanol–water partition coefficient (Wildman–Crippen LogP) is 4.40. The number of nitrogens with one attached hydrogen (secondary N) is 1. The molecule has 0 fully saturated rings. The van der Waals surface area contributed by atoms with Gasteiger partial charge in [0.25, 0.3) is 5.91 Å². The number of fused-ring (bicyclic) bond motifs is 2. The highest BCUT2D eigenvalue weighted by molar-refractivity contribution is 7.22. The maximum atomic E-state index is 12.4. The van der Waals surface area contributed by atoms with Gasteiger partial charge in [0.2, 0.25) is 6.79 Å². The van der Waals surface area contributed by atoms with Crippen LogP contribution < -0.4 is 14.8 Å². The lowest BCUT2D eigenvalue weighted by atomic mass is 10.0. The van der Waals surface area contributed by atoms with Gasteiger partial charge < -0.3 is 9.47 Å². The van der Waals surface area contributed by atoms with E-state index in [2.05, 4.69) is 36.3 Å². The number of aromatic nitrogens is 1. The number of hydrogen-bond donors (Lipinski definition) is 1. The Bertz CT molecular complexity index is 933. The van der Waals surface area contributed by atoms with Crippen molar-refractivity contribution in [2.45, 2.75) is 19.8 Å². The van der Waals surface area contributed by atoms with Gasteiger partial charge in [-0.1, -0.05) is 31.3 Å². The number of carbonyl (C=O) groups is 1. The number of rotatable bonds is 3. The van der Waals surface area contributed by atoms with Crippen molar-refractivity contribution in [3.63, 3.8) is 0 Å². The fraction of sp³-hybridized carbons (Fsp3) is 0.222. The van der Waals surface area contributed by atoms with Gasteiger partial charge in [-0.2, -0.15) is 0 Å². The summed E-state index contributed by atoms with van der Waals surface area (Å²) in [5.74, 6) is 1.50. The zero-order chi connectivity index (χ0) is 16.7. The molecule has 1 aromatic heterocycles. The first-order chi connectivity index (χ1) is 11.6. The third-order valence-electron chi connectivity index (χ3n) is 3.93. The lowest BCUT2D eigenvalue weighted by molar-refractivity contribution is 0.102. The molecule has 1 amide bonds. The zero-order valence-electron chi connectivity index (χ0n) is 13.3. The smallest absolute Gasteiger partial charge is 0.257 e. The molecule has 0 saturated carbocycles. The summed E-state index contributed by atoms with van der Waals surface area (Å²) in [5.41, 5.74) is 2.67. The summed E-state index contributed by atoms with van der Waals surface area (Å²) in [6.45, 7) is 4.51. The molecule has 0 radical (unpaired) electrons. The van der Waals surface area contributed by atoms with Crippen LogP contribution in [0.15, 0.2) is 36.4 Å². The van der Waals surface area contributed by atoms with Crippen molar-refractivity contribution in [2.24, 2.45) is 0 Å². The zero-order valence-corrected chi connectivity index (χ0v) is 14.1. The van der Waals surface area contributed by atoms with E-state index in [-0.39, 0.29) is 12.7 Å². The summed E-state index contributed by atoms with van der Waals surface area (Å²) in [6, 6.07) is 11.3. The fourth-order valence-corrected chi connectivity index (χ4v) is 3.47. The molecule has 0 saturated heterocycles. The highest BCUT2D eigenvalue weighted by Crippen LogP contribution is 2.33. The second-order valence-electron chi connectivity index (χ2n) is 5.92. The highest BCUT2D eigenvalue weighted by Gasteiger charge is 2.17. The SMILES string of the molecule is CC(C)c1ccc2nc(NC(=O)c3ccc4c(c3)OCO4)sc2c1. The van der Waals surface area contributed by atoms with Gasteiger partial charge in [-0.05, 0) is 41.8 Å². The van der Waals surface area contributed by atoms with Crippen molar-refractivity contribution in [2.75, 3.05) is 12.1 Å². The van der Waals surface area contributed by atoms with Crippen molar-refractivity contribution < 1.29 is 14.3 Å². The summed E-state index contributed by atoms with van der Waals surface area (Å²) in [5, 5.41) is 3.45. The van der Waals surface area contributed by atoms with E-state index in [1.54, 1.807) is 18.2 Å². The molecular weight excluding hydrogens is 324 g/mol. The number of amides is 1. The number of nitrogens with zero attached hydrogens (tertiary/aromatic N) is 1. The summed E-state index contributed by atoms with van der Waals surface area (Å²) in [4.78, 5) is 16.9. The molecule has 24 heavy (non-hydrogen) atoms. The molecule has 0 unspecified atom stereocenters. The molecule has 122 valence electrons. The first kappa shape index (κ1) is 15.0. The van der Waals surface area contributed by atoms with E-state index in [0.29, 0.717) is 28.1 Å². The van der Waals surface area contributed by atoms with Crippen molar-refractivity contribution in [3.05, 3.63) is 47.5 Å². The molecule has 0 spiro atoms. The Hall–Kier alpha value is -2.60. The van der Waals surface area contributed by atoms with Crippen molar-refractivity contribution in [3.8, 4) is 11.5 Å². The van der Waals surface area contributed by atoms with Gasteiger partial charge in [-0.25, -0.2) is 4.98 Å². The molecule has 0 bridgehead atoms. The van der Waals surface area contributed by atoms with Crippen LogP contribution in [0, 0.1) is 0 Å². The number of carbonyl (C=O) groups excluding carboxylic acids is 1. The van der Waals surface area contributed by atoms with E-state index in [1.165, 1.54) is 16.9 Å². The van der Waals surface area contributed by atoms with E-state index < -0.39 is 0 Å². The second kappa shape index (κ2) is 5.79. The van der Waals surface area contributed by atoms with Crippen LogP contribution in [-0.2, 0) is 0 Å². The molecule has 1 aliphatic heterocycles. The molecular formula is C18H16N2O3S. The van der Waals surface area contributed by atoms with Crippen LogP contribution in [0.25, 0.3) is 10.2 Å². The average Bonchev–Trinajstić information content (AvgIpc) is 3.18. The highest BCUT2D eigenvalue weighted by atomic mass is 32.1. The average molecular weight is 340 g/mol. The van der Waals surface area contributed by atoms with Crippen LogP contribution in [0.3, 0.4) is 0 Å². The molecule has 4 rings (SSSR count). The minimum absolute atomic E-state index is 0.191. The van der Waals surface area contributed by atoms with E-state index in [4.69, 9.17) is 9.47 Å². The largest absolute Gasteiger partial charge is 0.454 e. The van der Waals surface area contributed by atoms with Gasteiger partial charge in [-0.3, -0.25) is 10.1 Å². The number of benzene rings is 2. The van der Waals surface area contributed by atoms with Crippen LogP contribution >= 0.6 is 11.3 Å². The maximum Gasteiger partial charge on any atom is 0.257 e. The second-order valence-corrected chi connectivity index (χ2v) is 6.95. The van der Waals surface area contributed by atoms with Crippen LogP contribution in [0.4, 0.5) is 5.13 Å². The quantitative estimate of drug-likeness (QED) is 0.767. The van der Waals surface area contributed by atoms with E-state index in [1.807, 2.05) is 6.07 Å². The van der Waals surface area contributed by atoms with Gasteiger partial charge in [0.05, 0.1) is 10.2 Å². The molecule has 2 heterocycles. The Kier molecular flexibility index (Phi) is 3.61. The fourth-order valence-electron chi connectivity index (χ4n) is 2.56. The molecule has 0 aliphatic carbocycles. The van der Waals surface area contributed by atoms with Gasteiger partial charge in [0, 0.05) is 5.56 Å². The Morgan fingerprint density at radius 3 is 2.83 bits per heavy atom. The lowest BCUT2D eigenvalue weighted by Crippen LogP contribution is -2.11. The number of thiazole rings is 1. The van der Waals surface area contributed by atoms with Crippen molar-refractivity contribution >= 4 is 32.6 Å². The van der Waals surface area contributed by atoms with Gasteiger partial charge in [-0.15, -0.1) is 0 Å². The number of ether oxygens (including phenoxy) is 2. The van der Waals surface area contributed by atoms with Crippen molar-refractivity contribution in [1.29, 1.82) is 0 Å². The first-order valence-corrected chi connectivity index (χ1v) is 8.53. The Balaban J connectivity index is 1.58. The summed E-state index contributed by atoms with van der Waals surface area (Å²) < 4.78 is 11.6. The van der Waals surface area contributed by atoms with Crippen LogP contribution in [0.5, 0.6) is 11.5 Å². The third kappa shape index (κ3) is 2.69. The van der Waals surface area contributed by atoms with Crippen LogP contribution in [0.1, 0.15) is 35.7 Å². The van der Waals surface area contributed by atoms with Crippen LogP contribution in [-0.4, -0.2) is 17.7 Å². The standard InChI is InChI=1S/C18H16N2O3S/c1-10(2)11-3-5-13-16(8-11)24-18(19-13)20-17(21)12-4-6-14-15(7-12)23-9-22-14/h3-8,10H,9H2,1-2H3,(H,19,20,21). The normalized spacial score (nSPS) is 12.8. The van der Waals surface area contributed by atoms with Gasteiger partial charge in [0.15, 0.2) is 16.6 Å². The number of hydrogen-bond acceptors (Lipinski definition) is 5. The molecule has 5 nitrogen and oxygen atoms in total. The predicted molar refractivity (Wildman–Crippen MR) is 94.2 cm³/mol. The molecule has 1 N–H and O–H groups in total.